The van der Waals surface area contributed by atoms with Crippen LogP contribution in [0, 0.1) is 0 Å². The fraction of sp³-hybridized carbons (Fsp3) is 0.278. The first kappa shape index (κ1) is 13.5. The SMILES string of the molecule is O=C1C(c2ccccc2)c2ccccc2N1N1CCOCC1. The number of hydrazine groups is 1. The van der Waals surface area contributed by atoms with E-state index in [0.29, 0.717) is 13.2 Å². The number of carbonyl (C=O) groups excluding carboxylic acids is 1. The minimum absolute atomic E-state index is 0.134. The number of ether oxygens (including phenoxy) is 1. The maximum absolute atomic E-state index is 13.1. The van der Waals surface area contributed by atoms with Crippen LogP contribution in [0.25, 0.3) is 0 Å². The summed E-state index contributed by atoms with van der Waals surface area (Å²) in [6.45, 7) is 2.84. The van der Waals surface area contributed by atoms with E-state index in [0.717, 1.165) is 29.9 Å². The van der Waals surface area contributed by atoms with Crippen LogP contribution < -0.4 is 5.01 Å². The smallest absolute Gasteiger partial charge is 0.253 e. The van der Waals surface area contributed by atoms with E-state index in [2.05, 4.69) is 11.1 Å². The molecule has 1 amide bonds. The highest BCUT2D eigenvalue weighted by molar-refractivity contribution is 6.06. The molecule has 22 heavy (non-hydrogen) atoms. The molecule has 4 nitrogen and oxygen atoms in total. The van der Waals surface area contributed by atoms with Crippen molar-refractivity contribution < 1.29 is 9.53 Å². The van der Waals surface area contributed by atoms with Gasteiger partial charge in [-0.25, -0.2) is 10.0 Å². The summed E-state index contributed by atoms with van der Waals surface area (Å²) < 4.78 is 5.41. The van der Waals surface area contributed by atoms with Crippen molar-refractivity contribution in [2.45, 2.75) is 5.92 Å². The molecule has 1 atom stereocenters. The number of hydrogen-bond donors (Lipinski definition) is 0. The van der Waals surface area contributed by atoms with Crippen molar-refractivity contribution >= 4 is 11.6 Å². The number of rotatable bonds is 2. The number of anilines is 1. The summed E-state index contributed by atoms with van der Waals surface area (Å²) in [5.41, 5.74) is 3.14. The topological polar surface area (TPSA) is 32.8 Å². The Hall–Kier alpha value is -2.17. The summed E-state index contributed by atoms with van der Waals surface area (Å²) in [6.07, 6.45) is 0. The lowest BCUT2D eigenvalue weighted by Crippen LogP contribution is -2.50. The minimum atomic E-state index is -0.208. The number of nitrogens with zero attached hydrogens (tertiary/aromatic N) is 2. The molecule has 0 N–H and O–H groups in total. The number of benzene rings is 2. The van der Waals surface area contributed by atoms with Crippen molar-refractivity contribution in [3.63, 3.8) is 0 Å². The Kier molecular flexibility index (Phi) is 3.41. The van der Waals surface area contributed by atoms with Crippen molar-refractivity contribution in [3.05, 3.63) is 65.7 Å². The maximum Gasteiger partial charge on any atom is 0.253 e. The van der Waals surface area contributed by atoms with Crippen LogP contribution in [0.1, 0.15) is 17.0 Å². The Morgan fingerprint density at radius 3 is 2.36 bits per heavy atom. The van der Waals surface area contributed by atoms with E-state index in [1.807, 2.05) is 53.5 Å². The van der Waals surface area contributed by atoms with Gasteiger partial charge in [0.2, 0.25) is 0 Å². The van der Waals surface area contributed by atoms with Crippen molar-refractivity contribution in [1.29, 1.82) is 0 Å². The van der Waals surface area contributed by atoms with Gasteiger partial charge in [0.25, 0.3) is 5.91 Å². The first-order chi connectivity index (χ1) is 10.9. The second kappa shape index (κ2) is 5.55. The highest BCUT2D eigenvalue weighted by atomic mass is 16.5. The Morgan fingerprint density at radius 1 is 0.909 bits per heavy atom. The standard InChI is InChI=1S/C18H18N2O2/c21-18-17(14-6-2-1-3-7-14)15-8-4-5-9-16(15)20(18)19-10-12-22-13-11-19/h1-9,17H,10-13H2. The predicted molar refractivity (Wildman–Crippen MR) is 84.6 cm³/mol. The van der Waals surface area contributed by atoms with Gasteiger partial charge >= 0.3 is 0 Å². The largest absolute Gasteiger partial charge is 0.379 e. The van der Waals surface area contributed by atoms with Gasteiger partial charge in [0, 0.05) is 13.1 Å². The molecule has 4 rings (SSSR count). The van der Waals surface area contributed by atoms with Crippen LogP contribution in [-0.4, -0.2) is 37.2 Å². The lowest BCUT2D eigenvalue weighted by molar-refractivity contribution is -0.122. The summed E-state index contributed by atoms with van der Waals surface area (Å²) in [4.78, 5) is 13.1. The third-order valence-electron chi connectivity index (χ3n) is 4.33. The van der Waals surface area contributed by atoms with Crippen LogP contribution in [0.15, 0.2) is 54.6 Å². The summed E-state index contributed by atoms with van der Waals surface area (Å²) >= 11 is 0. The van der Waals surface area contributed by atoms with Crippen molar-refractivity contribution in [2.75, 3.05) is 31.3 Å². The molecule has 2 aromatic rings. The summed E-state index contributed by atoms with van der Waals surface area (Å²) in [5.74, 6) is -0.0745. The zero-order valence-corrected chi connectivity index (χ0v) is 12.3. The number of hydrogen-bond acceptors (Lipinski definition) is 3. The highest BCUT2D eigenvalue weighted by Crippen LogP contribution is 2.41. The summed E-state index contributed by atoms with van der Waals surface area (Å²) in [7, 11) is 0. The number of amides is 1. The molecule has 0 spiro atoms. The molecule has 0 saturated carbocycles. The van der Waals surface area contributed by atoms with Gasteiger partial charge in [0.1, 0.15) is 0 Å². The van der Waals surface area contributed by atoms with Gasteiger partial charge < -0.3 is 4.74 Å². The lowest BCUT2D eigenvalue weighted by Gasteiger charge is -2.35. The van der Waals surface area contributed by atoms with E-state index in [9.17, 15) is 4.79 Å². The summed E-state index contributed by atoms with van der Waals surface area (Å²) in [5, 5.41) is 3.96. The van der Waals surface area contributed by atoms with Crippen LogP contribution in [0.5, 0.6) is 0 Å². The molecule has 2 aliphatic heterocycles. The Bertz CT molecular complexity index is 680. The Morgan fingerprint density at radius 2 is 1.59 bits per heavy atom. The number of fused-ring (bicyclic) bond motifs is 1. The van der Waals surface area contributed by atoms with Gasteiger partial charge in [-0.15, -0.1) is 0 Å². The quantitative estimate of drug-likeness (QED) is 0.853. The van der Waals surface area contributed by atoms with Gasteiger partial charge in [0.15, 0.2) is 0 Å². The molecule has 1 unspecified atom stereocenters. The minimum Gasteiger partial charge on any atom is -0.379 e. The maximum atomic E-state index is 13.1. The normalized spacial score (nSPS) is 21.9. The van der Waals surface area contributed by atoms with Gasteiger partial charge in [-0.2, -0.15) is 0 Å². The molecule has 2 heterocycles. The van der Waals surface area contributed by atoms with Gasteiger partial charge in [0.05, 0.1) is 24.8 Å². The van der Waals surface area contributed by atoms with E-state index >= 15 is 0 Å². The van der Waals surface area contributed by atoms with Crippen molar-refractivity contribution in [2.24, 2.45) is 0 Å². The van der Waals surface area contributed by atoms with Crippen LogP contribution in [0.3, 0.4) is 0 Å². The molecule has 4 heteroatoms. The first-order valence-electron chi connectivity index (χ1n) is 7.67. The zero-order chi connectivity index (χ0) is 14.9. The van der Waals surface area contributed by atoms with E-state index in [4.69, 9.17) is 4.74 Å². The molecule has 2 aliphatic rings. The van der Waals surface area contributed by atoms with Crippen LogP contribution >= 0.6 is 0 Å². The molecule has 0 radical (unpaired) electrons. The number of para-hydroxylation sites is 1. The molecule has 1 saturated heterocycles. The first-order valence-corrected chi connectivity index (χ1v) is 7.67. The fourth-order valence-corrected chi connectivity index (χ4v) is 3.31. The van der Waals surface area contributed by atoms with E-state index in [1.165, 1.54) is 0 Å². The number of carbonyl (C=O) groups is 1. The lowest BCUT2D eigenvalue weighted by atomic mass is 9.93. The Balaban J connectivity index is 1.78. The molecule has 2 aromatic carbocycles. The van der Waals surface area contributed by atoms with Gasteiger partial charge in [-0.1, -0.05) is 48.5 Å². The highest BCUT2D eigenvalue weighted by Gasteiger charge is 2.41. The van der Waals surface area contributed by atoms with Crippen LogP contribution in [-0.2, 0) is 9.53 Å². The second-order valence-electron chi connectivity index (χ2n) is 5.62. The van der Waals surface area contributed by atoms with Gasteiger partial charge in [-0.05, 0) is 17.2 Å². The van der Waals surface area contributed by atoms with Crippen LogP contribution in [0.4, 0.5) is 5.69 Å². The number of morpholine rings is 1. The average Bonchev–Trinajstić information content (AvgIpc) is 2.88. The fourth-order valence-electron chi connectivity index (χ4n) is 3.31. The second-order valence-corrected chi connectivity index (χ2v) is 5.62. The van der Waals surface area contributed by atoms with Gasteiger partial charge in [-0.3, -0.25) is 4.79 Å². The molecular formula is C18H18N2O2. The zero-order valence-electron chi connectivity index (χ0n) is 12.3. The molecule has 0 aromatic heterocycles. The monoisotopic (exact) mass is 294 g/mol. The third-order valence-corrected chi connectivity index (χ3v) is 4.33. The predicted octanol–water partition coefficient (Wildman–Crippen LogP) is 2.41. The molecule has 0 aliphatic carbocycles. The third kappa shape index (κ3) is 2.12. The summed E-state index contributed by atoms with van der Waals surface area (Å²) in [6, 6.07) is 18.1. The Labute approximate surface area is 129 Å². The molecule has 0 bridgehead atoms. The average molecular weight is 294 g/mol. The molecular weight excluding hydrogens is 276 g/mol. The van der Waals surface area contributed by atoms with E-state index in [-0.39, 0.29) is 11.8 Å². The molecule has 1 fully saturated rings. The van der Waals surface area contributed by atoms with Crippen molar-refractivity contribution in [1.82, 2.24) is 5.01 Å². The van der Waals surface area contributed by atoms with Crippen LogP contribution in [0.2, 0.25) is 0 Å². The van der Waals surface area contributed by atoms with Crippen molar-refractivity contribution in [3.8, 4) is 0 Å². The molecule has 112 valence electrons. The van der Waals surface area contributed by atoms with E-state index < -0.39 is 0 Å². The van der Waals surface area contributed by atoms with E-state index in [1.54, 1.807) is 0 Å².